The molecule has 6 heteroatoms. The topological polar surface area (TPSA) is 13.1 Å². The van der Waals surface area contributed by atoms with Gasteiger partial charge in [-0.15, -0.1) is 0 Å². The predicted molar refractivity (Wildman–Crippen MR) is 116 cm³/mol. The summed E-state index contributed by atoms with van der Waals surface area (Å²) >= 11 is 9.32. The number of imidazole rings is 1. The summed E-state index contributed by atoms with van der Waals surface area (Å²) in [5.41, 5.74) is 0. The second kappa shape index (κ2) is 11.9. The van der Waals surface area contributed by atoms with Gasteiger partial charge in [-0.1, -0.05) is 19.3 Å². The number of halogens is 2. The van der Waals surface area contributed by atoms with Crippen LogP contribution >= 0.6 is 32.3 Å². The molecule has 0 bridgehead atoms. The summed E-state index contributed by atoms with van der Waals surface area (Å²) in [5, 5.41) is 0. The fraction of sp³-hybridized carbons (Fsp3) is 0.857. The summed E-state index contributed by atoms with van der Waals surface area (Å²) in [6, 6.07) is 2.27. The van der Waals surface area contributed by atoms with E-state index in [0.29, 0.717) is 0 Å². The number of rotatable bonds is 3. The molecule has 0 spiro atoms. The average molecular weight is 684 g/mol. The molecule has 3 saturated carbocycles. The molecule has 1 aromatic rings. The Labute approximate surface area is 193 Å². The molecular formula is C21H35Br2N3Pt. The molecule has 0 aromatic carbocycles. The fourth-order valence-electron chi connectivity index (χ4n) is 4.91. The van der Waals surface area contributed by atoms with Crippen LogP contribution in [0.25, 0.3) is 0 Å². The summed E-state index contributed by atoms with van der Waals surface area (Å²) in [6.45, 7) is 0. The molecular weight excluding hydrogens is 649 g/mol. The van der Waals surface area contributed by atoms with Gasteiger partial charge in [0.25, 0.3) is 0 Å². The molecule has 4 rings (SSSR count). The number of hydrogen-bond donors (Lipinski definition) is 0. The molecule has 0 unspecified atom stereocenters. The van der Waals surface area contributed by atoms with E-state index in [1.54, 1.807) is 0 Å². The van der Waals surface area contributed by atoms with E-state index < -0.39 is 0 Å². The maximum atomic E-state index is 3.39. The van der Waals surface area contributed by atoms with Crippen molar-refractivity contribution in [2.75, 3.05) is 0 Å². The van der Waals surface area contributed by atoms with E-state index in [0.717, 1.165) is 18.1 Å². The van der Waals surface area contributed by atoms with Gasteiger partial charge in [-0.3, -0.25) is 0 Å². The van der Waals surface area contributed by atoms with E-state index in [-0.39, 0.29) is 0 Å². The zero-order chi connectivity index (χ0) is 19.1. The zero-order valence-corrected chi connectivity index (χ0v) is 21.9. The van der Waals surface area contributed by atoms with Crippen molar-refractivity contribution in [3.05, 3.63) is 16.2 Å². The minimum absolute atomic E-state index is 0.721. The minimum atomic E-state index is 0.721. The van der Waals surface area contributed by atoms with E-state index >= 15 is 0 Å². The monoisotopic (exact) mass is 682 g/mol. The number of nitrogens with zero attached hydrogens (tertiary/aromatic N) is 3. The van der Waals surface area contributed by atoms with Crippen molar-refractivity contribution in [1.29, 1.82) is 0 Å². The Morgan fingerprint density at radius 2 is 1.04 bits per heavy atom. The third kappa shape index (κ3) is 6.66. The van der Waals surface area contributed by atoms with Crippen LogP contribution in [0.3, 0.4) is 0 Å². The molecule has 1 heterocycles. The van der Waals surface area contributed by atoms with E-state index in [9.17, 15) is 0 Å². The predicted octanol–water partition coefficient (Wildman–Crippen LogP) is 7.62. The molecule has 158 valence electrons. The van der Waals surface area contributed by atoms with Crippen LogP contribution in [0.4, 0.5) is 0 Å². The molecule has 0 saturated heterocycles. The SMILES string of the molecule is BrN(Br)C1CCCCC1.[Pt]=[c]1n(C2CCCCC2)ccn1C1CCCCC1. The molecule has 0 atom stereocenters. The van der Waals surface area contributed by atoms with Crippen LogP contribution in [-0.2, 0) is 19.4 Å². The normalized spacial score (nSPS) is 23.3. The molecule has 27 heavy (non-hydrogen) atoms. The first kappa shape index (κ1) is 22.5. The Bertz CT molecular complexity index is 556. The van der Waals surface area contributed by atoms with Crippen molar-refractivity contribution in [1.82, 2.24) is 12.1 Å². The van der Waals surface area contributed by atoms with E-state index in [1.807, 2.05) is 2.95 Å². The third-order valence-electron chi connectivity index (χ3n) is 6.57. The van der Waals surface area contributed by atoms with Gasteiger partial charge in [0.1, 0.15) is 0 Å². The molecule has 3 nitrogen and oxygen atoms in total. The van der Waals surface area contributed by atoms with Crippen LogP contribution in [0, 0.1) is 3.80 Å². The molecule has 3 aliphatic rings. The number of aromatic nitrogens is 2. The van der Waals surface area contributed by atoms with Gasteiger partial charge in [0, 0.05) is 38.3 Å². The quantitative estimate of drug-likeness (QED) is 0.299. The van der Waals surface area contributed by atoms with Gasteiger partial charge in [-0.25, -0.2) is 0 Å². The van der Waals surface area contributed by atoms with Gasteiger partial charge in [-0.2, -0.15) is 2.95 Å². The first-order valence-electron chi connectivity index (χ1n) is 11.0. The third-order valence-corrected chi connectivity index (χ3v) is 8.90. The van der Waals surface area contributed by atoms with Gasteiger partial charge >= 0.3 is 121 Å². The zero-order valence-electron chi connectivity index (χ0n) is 16.4. The van der Waals surface area contributed by atoms with Crippen LogP contribution in [0.5, 0.6) is 0 Å². The fourth-order valence-corrected chi connectivity index (χ4v) is 6.90. The Hall–Kier alpha value is 0.818. The second-order valence-corrected chi connectivity index (χ2v) is 12.0. The van der Waals surface area contributed by atoms with Crippen LogP contribution in [0.15, 0.2) is 12.4 Å². The van der Waals surface area contributed by atoms with Crippen molar-refractivity contribution in [2.24, 2.45) is 0 Å². The average Bonchev–Trinajstić information content (AvgIpc) is 3.12. The van der Waals surface area contributed by atoms with Gasteiger partial charge in [0.05, 0.1) is 0 Å². The van der Waals surface area contributed by atoms with Crippen LogP contribution in [-0.4, -0.2) is 18.1 Å². The maximum absolute atomic E-state index is 3.39. The van der Waals surface area contributed by atoms with Crippen molar-refractivity contribution < 1.29 is 19.4 Å². The Morgan fingerprint density at radius 3 is 1.37 bits per heavy atom. The first-order valence-corrected chi connectivity index (χ1v) is 13.6. The van der Waals surface area contributed by atoms with Gasteiger partial charge in [-0.05, 0) is 12.8 Å². The molecule has 3 aliphatic carbocycles. The Kier molecular flexibility index (Phi) is 9.89. The number of hydrogen-bond acceptors (Lipinski definition) is 1. The summed E-state index contributed by atoms with van der Waals surface area (Å²) < 4.78 is 8.55. The molecule has 3 fully saturated rings. The first-order chi connectivity index (χ1) is 13.2. The van der Waals surface area contributed by atoms with E-state index in [1.165, 1.54) is 100 Å². The van der Waals surface area contributed by atoms with Crippen molar-refractivity contribution >= 4 is 32.3 Å². The van der Waals surface area contributed by atoms with E-state index in [4.69, 9.17) is 0 Å². The molecule has 0 aliphatic heterocycles. The van der Waals surface area contributed by atoms with Crippen molar-refractivity contribution in [3.8, 4) is 0 Å². The molecule has 0 N–H and O–H groups in total. The van der Waals surface area contributed by atoms with Crippen LogP contribution < -0.4 is 0 Å². The van der Waals surface area contributed by atoms with Gasteiger partial charge in [0.2, 0.25) is 0 Å². The molecule has 0 radical (unpaired) electrons. The molecule has 0 amide bonds. The Morgan fingerprint density at radius 1 is 0.667 bits per heavy atom. The van der Waals surface area contributed by atoms with Crippen molar-refractivity contribution in [2.45, 2.75) is 114 Å². The summed E-state index contributed by atoms with van der Waals surface area (Å²) in [6.07, 6.45) is 25.6. The van der Waals surface area contributed by atoms with Crippen LogP contribution in [0.1, 0.15) is 108 Å². The van der Waals surface area contributed by atoms with Gasteiger partial charge < -0.3 is 0 Å². The van der Waals surface area contributed by atoms with E-state index in [2.05, 4.69) is 73.2 Å². The summed E-state index contributed by atoms with van der Waals surface area (Å²) in [5.74, 6) is 0. The van der Waals surface area contributed by atoms with Crippen molar-refractivity contribution in [3.63, 3.8) is 0 Å². The Balaban J connectivity index is 0.000000197. The standard InChI is InChI=1S/C15H24N2.C6H11Br2N.Pt/c1-3-7-14(8-4-1)16-11-12-17(13-16)15-9-5-2-6-10-15;7-9(8)6-4-2-1-3-5-6;/h11-12,14-15H,1-10H2;6H,1-5H2;. The second-order valence-electron chi connectivity index (χ2n) is 8.49. The molecule has 1 aromatic heterocycles. The van der Waals surface area contributed by atoms with Crippen LogP contribution in [0.2, 0.25) is 0 Å². The summed E-state index contributed by atoms with van der Waals surface area (Å²) in [7, 11) is 0. The van der Waals surface area contributed by atoms with Gasteiger partial charge in [0.15, 0.2) is 0 Å². The summed E-state index contributed by atoms with van der Waals surface area (Å²) in [4.78, 5) is 0.